The predicted octanol–water partition coefficient (Wildman–Crippen LogP) is 3.21. The van der Waals surface area contributed by atoms with Crippen molar-refractivity contribution in [3.8, 4) is 28.5 Å². The van der Waals surface area contributed by atoms with Gasteiger partial charge in [-0.1, -0.05) is 36.4 Å². The summed E-state index contributed by atoms with van der Waals surface area (Å²) in [4.78, 5) is 22.2. The van der Waals surface area contributed by atoms with Crippen LogP contribution in [0.2, 0.25) is 0 Å². The van der Waals surface area contributed by atoms with E-state index in [2.05, 4.69) is 20.3 Å². The Hall–Kier alpha value is -3.94. The van der Waals surface area contributed by atoms with Gasteiger partial charge in [-0.15, -0.1) is 0 Å². The number of oxazole rings is 1. The van der Waals surface area contributed by atoms with Crippen molar-refractivity contribution in [2.75, 3.05) is 7.11 Å². The maximum atomic E-state index is 13.1. The van der Waals surface area contributed by atoms with Crippen LogP contribution in [0, 0.1) is 6.92 Å². The third kappa shape index (κ3) is 2.31. The summed E-state index contributed by atoms with van der Waals surface area (Å²) >= 11 is 0. The Morgan fingerprint density at radius 3 is 2.68 bits per heavy atom. The first kappa shape index (κ1) is 16.2. The van der Waals surface area contributed by atoms with Gasteiger partial charge in [0.15, 0.2) is 16.7 Å². The number of nitrogens with one attached hydrogen (secondary N) is 1. The molecule has 0 saturated heterocycles. The molecule has 138 valence electrons. The normalized spacial score (nSPS) is 11.4. The minimum atomic E-state index is -0.331. The van der Waals surface area contributed by atoms with Crippen LogP contribution in [-0.4, -0.2) is 31.9 Å². The maximum Gasteiger partial charge on any atom is 0.287 e. The van der Waals surface area contributed by atoms with Crippen LogP contribution in [-0.2, 0) is 0 Å². The van der Waals surface area contributed by atoms with E-state index in [0.717, 1.165) is 5.56 Å². The lowest BCUT2D eigenvalue weighted by atomic mass is 10.1. The van der Waals surface area contributed by atoms with Crippen LogP contribution in [0.5, 0.6) is 5.75 Å². The van der Waals surface area contributed by atoms with Gasteiger partial charge in [0.2, 0.25) is 5.89 Å². The Balaban J connectivity index is 1.75. The number of aromatic amines is 1. The minimum Gasteiger partial charge on any atom is -0.494 e. The van der Waals surface area contributed by atoms with Crippen molar-refractivity contribution in [2.24, 2.45) is 0 Å². The second kappa shape index (κ2) is 6.05. The lowest BCUT2D eigenvalue weighted by Crippen LogP contribution is -2.19. The van der Waals surface area contributed by atoms with E-state index in [1.54, 1.807) is 32.2 Å². The summed E-state index contributed by atoms with van der Waals surface area (Å²) < 4.78 is 12.4. The summed E-state index contributed by atoms with van der Waals surface area (Å²) in [7, 11) is 1.56. The average molecular weight is 373 g/mol. The molecule has 0 saturated carbocycles. The van der Waals surface area contributed by atoms with Crippen molar-refractivity contribution in [2.45, 2.75) is 6.92 Å². The van der Waals surface area contributed by atoms with Crippen LogP contribution >= 0.6 is 0 Å². The number of aryl methyl sites for hydroxylation is 1. The zero-order valence-electron chi connectivity index (χ0n) is 15.1. The molecule has 0 unspecified atom stereocenters. The fourth-order valence-corrected chi connectivity index (χ4v) is 3.26. The van der Waals surface area contributed by atoms with Gasteiger partial charge in [0.1, 0.15) is 17.0 Å². The number of hydrogen-bond donors (Lipinski definition) is 1. The Morgan fingerprint density at radius 1 is 1.07 bits per heavy atom. The highest BCUT2D eigenvalue weighted by Gasteiger charge is 2.21. The van der Waals surface area contributed by atoms with E-state index in [1.165, 1.54) is 4.52 Å². The van der Waals surface area contributed by atoms with Crippen molar-refractivity contribution >= 4 is 16.7 Å². The number of H-pyrrole nitrogens is 1. The quantitative estimate of drug-likeness (QED) is 0.521. The number of hydrogen-bond acceptors (Lipinski definition) is 6. The van der Waals surface area contributed by atoms with Crippen molar-refractivity contribution in [1.29, 1.82) is 0 Å². The summed E-state index contributed by atoms with van der Waals surface area (Å²) in [5.41, 5.74) is 3.46. The van der Waals surface area contributed by atoms with Crippen LogP contribution in [0.1, 0.15) is 5.69 Å². The molecule has 3 heterocycles. The number of rotatable bonds is 3. The van der Waals surface area contributed by atoms with Crippen LogP contribution in [0.25, 0.3) is 39.5 Å². The largest absolute Gasteiger partial charge is 0.494 e. The van der Waals surface area contributed by atoms with Gasteiger partial charge in [0.05, 0.1) is 12.8 Å². The Morgan fingerprint density at radius 2 is 1.89 bits per heavy atom. The average Bonchev–Trinajstić information content (AvgIpc) is 3.32. The van der Waals surface area contributed by atoms with Gasteiger partial charge in [-0.25, -0.2) is 15.2 Å². The van der Waals surface area contributed by atoms with Crippen molar-refractivity contribution in [3.05, 3.63) is 64.6 Å². The lowest BCUT2D eigenvalue weighted by molar-refractivity contribution is 0.419. The molecule has 0 radical (unpaired) electrons. The first-order valence-corrected chi connectivity index (χ1v) is 8.64. The van der Waals surface area contributed by atoms with Crippen molar-refractivity contribution in [3.63, 3.8) is 0 Å². The van der Waals surface area contributed by atoms with E-state index in [-0.39, 0.29) is 17.0 Å². The number of benzene rings is 2. The molecule has 0 atom stereocenters. The van der Waals surface area contributed by atoms with Crippen molar-refractivity contribution < 1.29 is 9.15 Å². The van der Waals surface area contributed by atoms with Gasteiger partial charge >= 0.3 is 0 Å². The number of para-hydroxylation sites is 1. The molecule has 1 N–H and O–H groups in total. The minimum absolute atomic E-state index is 0.194. The summed E-state index contributed by atoms with van der Waals surface area (Å²) in [6, 6.07) is 14.9. The maximum absolute atomic E-state index is 13.1. The van der Waals surface area contributed by atoms with Crippen LogP contribution in [0.3, 0.4) is 0 Å². The zero-order valence-corrected chi connectivity index (χ0v) is 15.1. The molecule has 5 aromatic rings. The van der Waals surface area contributed by atoms with Crippen LogP contribution in [0.15, 0.2) is 57.7 Å². The molecular formula is C20H15N5O3. The molecule has 5 rings (SSSR count). The fourth-order valence-electron chi connectivity index (χ4n) is 3.26. The molecule has 2 aromatic carbocycles. The van der Waals surface area contributed by atoms with E-state index < -0.39 is 0 Å². The molecule has 3 aromatic heterocycles. The van der Waals surface area contributed by atoms with E-state index in [9.17, 15) is 4.79 Å². The molecule has 8 heteroatoms. The SMILES string of the molecule is COc1cccc2oc(-c3c(C)nc4c(-c5ccccc5)n[nH]n4c3=O)nc12. The summed E-state index contributed by atoms with van der Waals surface area (Å²) in [6.07, 6.45) is 0. The van der Waals surface area contributed by atoms with E-state index in [0.29, 0.717) is 33.9 Å². The molecule has 8 nitrogen and oxygen atoms in total. The summed E-state index contributed by atoms with van der Waals surface area (Å²) in [5.74, 6) is 0.770. The van der Waals surface area contributed by atoms with E-state index in [1.807, 2.05) is 30.3 Å². The summed E-state index contributed by atoms with van der Waals surface area (Å²) in [6.45, 7) is 1.75. The summed E-state index contributed by atoms with van der Waals surface area (Å²) in [5, 5.41) is 7.02. The highest BCUT2D eigenvalue weighted by Crippen LogP contribution is 2.30. The van der Waals surface area contributed by atoms with Crippen LogP contribution < -0.4 is 10.3 Å². The molecule has 0 aliphatic heterocycles. The van der Waals surface area contributed by atoms with Gasteiger partial charge < -0.3 is 9.15 Å². The number of nitrogens with zero attached hydrogens (tertiary/aromatic N) is 4. The lowest BCUT2D eigenvalue weighted by Gasteiger charge is -2.02. The topological polar surface area (TPSA) is 98.3 Å². The highest BCUT2D eigenvalue weighted by atomic mass is 16.5. The molecule has 28 heavy (non-hydrogen) atoms. The standard InChI is InChI=1S/C20H15N5O3/c1-11-15(19-22-17-13(27-2)9-6-10-14(17)28-19)20(26)25-18(21-11)16(23-24-25)12-7-4-3-5-8-12/h3-10,24H,1-2H3. The Bertz CT molecular complexity index is 1380. The van der Waals surface area contributed by atoms with E-state index >= 15 is 0 Å². The Labute approximate surface area is 158 Å². The van der Waals surface area contributed by atoms with E-state index in [4.69, 9.17) is 9.15 Å². The second-order valence-electron chi connectivity index (χ2n) is 6.29. The van der Waals surface area contributed by atoms with Gasteiger partial charge in [0.25, 0.3) is 5.56 Å². The molecule has 0 aliphatic rings. The predicted molar refractivity (Wildman–Crippen MR) is 103 cm³/mol. The smallest absolute Gasteiger partial charge is 0.287 e. The van der Waals surface area contributed by atoms with Gasteiger partial charge in [-0.05, 0) is 19.1 Å². The number of fused-ring (bicyclic) bond motifs is 2. The first-order valence-electron chi connectivity index (χ1n) is 8.64. The number of ether oxygens (including phenoxy) is 1. The van der Waals surface area contributed by atoms with Gasteiger partial charge in [-0.2, -0.15) is 9.61 Å². The zero-order chi connectivity index (χ0) is 19.3. The number of aromatic nitrogens is 5. The molecule has 0 fully saturated rings. The second-order valence-corrected chi connectivity index (χ2v) is 6.29. The van der Waals surface area contributed by atoms with Gasteiger partial charge in [-0.3, -0.25) is 4.79 Å². The van der Waals surface area contributed by atoms with Gasteiger partial charge in [0, 0.05) is 5.56 Å². The van der Waals surface area contributed by atoms with Crippen molar-refractivity contribution in [1.82, 2.24) is 24.8 Å². The molecular weight excluding hydrogens is 358 g/mol. The molecule has 0 amide bonds. The first-order chi connectivity index (χ1) is 13.7. The molecule has 0 spiro atoms. The number of methoxy groups -OCH3 is 1. The fraction of sp³-hybridized carbons (Fsp3) is 0.100. The van der Waals surface area contributed by atoms with Crippen LogP contribution in [0.4, 0.5) is 0 Å². The highest BCUT2D eigenvalue weighted by molar-refractivity contribution is 5.82. The Kier molecular flexibility index (Phi) is 3.51. The molecule has 0 aliphatic carbocycles. The monoisotopic (exact) mass is 373 g/mol. The molecule has 0 bridgehead atoms. The third-order valence-corrected chi connectivity index (χ3v) is 4.60. The third-order valence-electron chi connectivity index (χ3n) is 4.60.